The van der Waals surface area contributed by atoms with Crippen molar-refractivity contribution in [2.75, 3.05) is 0 Å². The van der Waals surface area contributed by atoms with Gasteiger partial charge >= 0.3 is 5.97 Å². The first-order chi connectivity index (χ1) is 11.9. The second kappa shape index (κ2) is 6.98. The normalized spacial score (nSPS) is 11.1. The van der Waals surface area contributed by atoms with Crippen LogP contribution in [0.1, 0.15) is 30.4 Å². The number of ether oxygens (including phenoxy) is 1. The predicted octanol–water partition coefficient (Wildman–Crippen LogP) is 4.61. The summed E-state index contributed by atoms with van der Waals surface area (Å²) in [5.74, 6) is -0.323. The number of aromatic nitrogens is 2. The van der Waals surface area contributed by atoms with Crippen LogP contribution in [0.3, 0.4) is 0 Å². The Morgan fingerprint density at radius 3 is 2.52 bits per heavy atom. The van der Waals surface area contributed by atoms with Gasteiger partial charge in [-0.15, -0.1) is 0 Å². The first-order valence-corrected chi connectivity index (χ1v) is 8.74. The standard InChI is InChI=1S/C18H14BrClN2O3/c1-10(2)22-17(23)13-6-4-3-5-12(13)16(21-22)18(24)25-15-8-7-11(20)9-14(15)19/h3-10H,1-2H3. The topological polar surface area (TPSA) is 61.2 Å². The van der Waals surface area contributed by atoms with E-state index < -0.39 is 5.97 Å². The minimum absolute atomic E-state index is 0.0887. The Balaban J connectivity index is 2.12. The molecule has 0 spiro atoms. The lowest BCUT2D eigenvalue weighted by atomic mass is 10.1. The molecule has 0 saturated heterocycles. The maximum absolute atomic E-state index is 12.7. The SMILES string of the molecule is CC(C)n1nc(C(=O)Oc2ccc(Cl)cc2Br)c2ccccc2c1=O. The fourth-order valence-corrected chi connectivity index (χ4v) is 3.18. The van der Waals surface area contributed by atoms with Crippen molar-refractivity contribution in [1.82, 2.24) is 9.78 Å². The Kier molecular flexibility index (Phi) is 4.92. The summed E-state index contributed by atoms with van der Waals surface area (Å²) in [4.78, 5) is 25.2. The molecule has 2 aromatic carbocycles. The van der Waals surface area contributed by atoms with E-state index in [0.717, 1.165) is 0 Å². The summed E-state index contributed by atoms with van der Waals surface area (Å²) in [5.41, 5.74) is -0.152. The van der Waals surface area contributed by atoms with E-state index in [4.69, 9.17) is 16.3 Å². The zero-order chi connectivity index (χ0) is 18.1. The number of nitrogens with zero attached hydrogens (tertiary/aromatic N) is 2. The van der Waals surface area contributed by atoms with Crippen molar-refractivity contribution in [1.29, 1.82) is 0 Å². The first-order valence-electron chi connectivity index (χ1n) is 7.57. The fourth-order valence-electron chi connectivity index (χ4n) is 2.41. The lowest BCUT2D eigenvalue weighted by Gasteiger charge is -2.13. The molecule has 0 fully saturated rings. The maximum atomic E-state index is 12.7. The van der Waals surface area contributed by atoms with Gasteiger partial charge < -0.3 is 4.74 Å². The number of carbonyl (C=O) groups is 1. The van der Waals surface area contributed by atoms with Crippen LogP contribution in [-0.4, -0.2) is 15.7 Å². The Labute approximate surface area is 157 Å². The quantitative estimate of drug-likeness (QED) is 0.457. The van der Waals surface area contributed by atoms with Crippen molar-refractivity contribution in [3.05, 3.63) is 68.0 Å². The molecule has 0 unspecified atom stereocenters. The van der Waals surface area contributed by atoms with Crippen LogP contribution in [0, 0.1) is 0 Å². The number of hydrogen-bond acceptors (Lipinski definition) is 4. The molecule has 0 saturated carbocycles. The van der Waals surface area contributed by atoms with Crippen molar-refractivity contribution >= 4 is 44.3 Å². The molecule has 7 heteroatoms. The Morgan fingerprint density at radius 2 is 1.88 bits per heavy atom. The number of halogens is 2. The molecular formula is C18H14BrClN2O3. The molecule has 0 atom stereocenters. The summed E-state index contributed by atoms with van der Waals surface area (Å²) < 4.78 is 7.28. The van der Waals surface area contributed by atoms with Crippen LogP contribution in [0.15, 0.2) is 51.7 Å². The van der Waals surface area contributed by atoms with E-state index >= 15 is 0 Å². The summed E-state index contributed by atoms with van der Waals surface area (Å²) in [7, 11) is 0. The van der Waals surface area contributed by atoms with Gasteiger partial charge in [0.25, 0.3) is 5.56 Å². The lowest BCUT2D eigenvalue weighted by Crippen LogP contribution is -2.28. The maximum Gasteiger partial charge on any atom is 0.364 e. The monoisotopic (exact) mass is 420 g/mol. The third kappa shape index (κ3) is 3.45. The summed E-state index contributed by atoms with van der Waals surface area (Å²) in [6.45, 7) is 3.65. The van der Waals surface area contributed by atoms with Crippen LogP contribution in [0.25, 0.3) is 10.8 Å². The smallest absolute Gasteiger partial charge is 0.364 e. The second-order valence-electron chi connectivity index (χ2n) is 5.70. The second-order valence-corrected chi connectivity index (χ2v) is 6.99. The summed E-state index contributed by atoms with van der Waals surface area (Å²) in [5, 5.41) is 5.63. The molecule has 0 radical (unpaired) electrons. The molecule has 0 aliphatic carbocycles. The molecule has 25 heavy (non-hydrogen) atoms. The lowest BCUT2D eigenvalue weighted by molar-refractivity contribution is 0.0726. The zero-order valence-corrected chi connectivity index (χ0v) is 15.8. The molecule has 0 aliphatic heterocycles. The van der Waals surface area contributed by atoms with E-state index in [0.29, 0.717) is 26.0 Å². The van der Waals surface area contributed by atoms with Crippen LogP contribution < -0.4 is 10.3 Å². The van der Waals surface area contributed by atoms with Gasteiger partial charge in [-0.2, -0.15) is 5.10 Å². The number of benzene rings is 2. The third-order valence-electron chi connectivity index (χ3n) is 3.61. The Bertz CT molecular complexity index is 1030. The van der Waals surface area contributed by atoms with E-state index in [2.05, 4.69) is 21.0 Å². The third-order valence-corrected chi connectivity index (χ3v) is 4.46. The van der Waals surface area contributed by atoms with Crippen molar-refractivity contribution in [2.24, 2.45) is 0 Å². The van der Waals surface area contributed by atoms with Gasteiger partial charge in [0.05, 0.1) is 15.9 Å². The van der Waals surface area contributed by atoms with Crippen LogP contribution in [0.5, 0.6) is 5.75 Å². The highest BCUT2D eigenvalue weighted by atomic mass is 79.9. The molecule has 0 amide bonds. The number of rotatable bonds is 3. The van der Waals surface area contributed by atoms with Gasteiger partial charge in [0.15, 0.2) is 5.69 Å². The number of carbonyl (C=O) groups excluding carboxylic acids is 1. The molecule has 3 rings (SSSR count). The van der Waals surface area contributed by atoms with E-state index in [1.165, 1.54) is 4.68 Å². The minimum Gasteiger partial charge on any atom is -0.421 e. The summed E-state index contributed by atoms with van der Waals surface area (Å²) >= 11 is 9.21. The van der Waals surface area contributed by atoms with E-state index in [9.17, 15) is 9.59 Å². The molecular weight excluding hydrogens is 408 g/mol. The van der Waals surface area contributed by atoms with Crippen LogP contribution in [0.4, 0.5) is 0 Å². The van der Waals surface area contributed by atoms with E-state index in [-0.39, 0.29) is 17.3 Å². The Hall–Kier alpha value is -2.18. The van der Waals surface area contributed by atoms with Gasteiger partial charge in [-0.3, -0.25) is 4.79 Å². The highest BCUT2D eigenvalue weighted by Crippen LogP contribution is 2.29. The molecule has 0 bridgehead atoms. The zero-order valence-electron chi connectivity index (χ0n) is 13.5. The van der Waals surface area contributed by atoms with Gasteiger partial charge in [0.2, 0.25) is 0 Å². The summed E-state index contributed by atoms with van der Waals surface area (Å²) in [6.07, 6.45) is 0. The van der Waals surface area contributed by atoms with Crippen molar-refractivity contribution in [3.8, 4) is 5.75 Å². The predicted molar refractivity (Wildman–Crippen MR) is 100 cm³/mol. The molecule has 128 valence electrons. The van der Waals surface area contributed by atoms with Gasteiger partial charge in [0.1, 0.15) is 5.75 Å². The molecule has 0 N–H and O–H groups in total. The molecule has 3 aromatic rings. The largest absolute Gasteiger partial charge is 0.421 e. The van der Waals surface area contributed by atoms with Gasteiger partial charge in [0, 0.05) is 10.4 Å². The van der Waals surface area contributed by atoms with Crippen LogP contribution in [-0.2, 0) is 0 Å². The highest BCUT2D eigenvalue weighted by Gasteiger charge is 2.20. The van der Waals surface area contributed by atoms with Crippen LogP contribution >= 0.6 is 27.5 Å². The van der Waals surface area contributed by atoms with E-state index in [1.807, 2.05) is 13.8 Å². The minimum atomic E-state index is -0.645. The van der Waals surface area contributed by atoms with Gasteiger partial charge in [-0.25, -0.2) is 9.48 Å². The van der Waals surface area contributed by atoms with Gasteiger partial charge in [-0.05, 0) is 54.0 Å². The average molecular weight is 422 g/mol. The summed E-state index contributed by atoms with van der Waals surface area (Å²) in [6, 6.07) is 11.5. The van der Waals surface area contributed by atoms with E-state index in [1.54, 1.807) is 42.5 Å². The number of hydrogen-bond donors (Lipinski definition) is 0. The first kappa shape index (κ1) is 17.6. The number of fused-ring (bicyclic) bond motifs is 1. The Morgan fingerprint density at radius 1 is 1.20 bits per heavy atom. The van der Waals surface area contributed by atoms with Gasteiger partial charge in [-0.1, -0.05) is 29.8 Å². The van der Waals surface area contributed by atoms with Crippen LogP contribution in [0.2, 0.25) is 5.02 Å². The van der Waals surface area contributed by atoms with Crippen molar-refractivity contribution in [2.45, 2.75) is 19.9 Å². The molecule has 1 aromatic heterocycles. The molecule has 5 nitrogen and oxygen atoms in total. The fraction of sp³-hybridized carbons (Fsp3) is 0.167. The highest BCUT2D eigenvalue weighted by molar-refractivity contribution is 9.10. The molecule has 1 heterocycles. The van der Waals surface area contributed by atoms with Crippen molar-refractivity contribution < 1.29 is 9.53 Å². The van der Waals surface area contributed by atoms with Crippen molar-refractivity contribution in [3.63, 3.8) is 0 Å². The number of esters is 1. The molecule has 0 aliphatic rings. The average Bonchev–Trinajstić information content (AvgIpc) is 2.57.